The SMILES string of the molecule is CCCCCCCCC/C=C\CCCCCCC(O)C(=O)NC(CS(=O)(=O)O)C(O)/C=C/CCCCCCCCCCCCCCCCCC. The maximum atomic E-state index is 12.6. The van der Waals surface area contributed by atoms with Gasteiger partial charge in [0, 0.05) is 0 Å². The van der Waals surface area contributed by atoms with Crippen LogP contribution in [-0.4, -0.2) is 53.1 Å². The van der Waals surface area contributed by atoms with E-state index in [0.29, 0.717) is 6.42 Å². The summed E-state index contributed by atoms with van der Waals surface area (Å²) < 4.78 is 32.5. The zero-order valence-electron chi connectivity index (χ0n) is 32.6. The second-order valence-electron chi connectivity index (χ2n) is 14.8. The molecule has 0 aliphatic rings. The summed E-state index contributed by atoms with van der Waals surface area (Å²) >= 11 is 0. The number of aliphatic hydroxyl groups excluding tert-OH is 2. The summed E-state index contributed by atoms with van der Waals surface area (Å²) in [5.74, 6) is -1.54. The minimum absolute atomic E-state index is 0.268. The largest absolute Gasteiger partial charge is 0.387 e. The summed E-state index contributed by atoms with van der Waals surface area (Å²) in [5.41, 5.74) is 0. The van der Waals surface area contributed by atoms with Crippen LogP contribution in [-0.2, 0) is 14.9 Å². The minimum atomic E-state index is -4.44. The van der Waals surface area contributed by atoms with E-state index in [1.54, 1.807) is 6.08 Å². The summed E-state index contributed by atoms with van der Waals surface area (Å²) in [6, 6.07) is -1.23. The Labute approximate surface area is 309 Å². The molecule has 0 radical (unpaired) electrons. The maximum Gasteiger partial charge on any atom is 0.267 e. The highest BCUT2D eigenvalue weighted by Crippen LogP contribution is 2.15. The Bertz CT molecular complexity index is 906. The number of hydrogen-bond donors (Lipinski definition) is 4. The quantitative estimate of drug-likeness (QED) is 0.0285. The molecule has 0 aromatic heterocycles. The standard InChI is InChI=1S/C42H81NO6S/c1-3-5-7-9-11-13-15-17-19-20-21-23-24-26-28-30-32-34-36-40(44)39(38-50(47,48)49)43-42(46)41(45)37-35-33-31-29-27-25-22-18-16-14-12-10-8-6-4-2/h22,25,34,36,39-41,44-45H,3-21,23-24,26-33,35,37-38H2,1-2H3,(H,43,46)(H,47,48,49)/b25-22-,36-34+. The molecule has 4 N–H and O–H groups in total. The van der Waals surface area contributed by atoms with Crippen molar-refractivity contribution in [2.24, 2.45) is 0 Å². The van der Waals surface area contributed by atoms with Crippen molar-refractivity contribution < 1.29 is 28.0 Å². The fourth-order valence-electron chi connectivity index (χ4n) is 6.45. The van der Waals surface area contributed by atoms with Crippen LogP contribution < -0.4 is 5.32 Å². The van der Waals surface area contributed by atoms with Crippen molar-refractivity contribution >= 4 is 16.0 Å². The molecular weight excluding hydrogens is 647 g/mol. The van der Waals surface area contributed by atoms with Crippen LogP contribution in [0.4, 0.5) is 0 Å². The normalized spacial score (nSPS) is 14.1. The van der Waals surface area contributed by atoms with Crippen LogP contribution in [0.3, 0.4) is 0 Å². The highest BCUT2D eigenvalue weighted by molar-refractivity contribution is 7.85. The highest BCUT2D eigenvalue weighted by atomic mass is 32.2. The summed E-state index contributed by atoms with van der Waals surface area (Å²) in [4.78, 5) is 12.6. The van der Waals surface area contributed by atoms with Gasteiger partial charge in [0.05, 0.1) is 17.9 Å². The fraction of sp³-hybridized carbons (Fsp3) is 0.881. The zero-order chi connectivity index (χ0) is 37.0. The number of allylic oxidation sites excluding steroid dienone is 3. The lowest BCUT2D eigenvalue weighted by Crippen LogP contribution is -2.50. The molecule has 0 aliphatic carbocycles. The van der Waals surface area contributed by atoms with Gasteiger partial charge in [-0.3, -0.25) is 9.35 Å². The Morgan fingerprint density at radius 1 is 0.540 bits per heavy atom. The second-order valence-corrected chi connectivity index (χ2v) is 16.3. The van der Waals surface area contributed by atoms with E-state index in [0.717, 1.165) is 51.4 Å². The summed E-state index contributed by atoms with van der Waals surface area (Å²) in [5, 5.41) is 23.4. The molecule has 0 aromatic rings. The Hall–Kier alpha value is -1.22. The molecule has 0 aliphatic heterocycles. The first-order valence-corrected chi connectivity index (χ1v) is 22.8. The van der Waals surface area contributed by atoms with Crippen LogP contribution in [0.1, 0.15) is 213 Å². The van der Waals surface area contributed by atoms with E-state index in [1.165, 1.54) is 141 Å². The summed E-state index contributed by atoms with van der Waals surface area (Å²) in [6.45, 7) is 4.51. The van der Waals surface area contributed by atoms with Gasteiger partial charge in [-0.05, 0) is 44.9 Å². The van der Waals surface area contributed by atoms with E-state index in [9.17, 15) is 28.0 Å². The zero-order valence-corrected chi connectivity index (χ0v) is 33.5. The van der Waals surface area contributed by atoms with Crippen LogP contribution in [0.5, 0.6) is 0 Å². The maximum absolute atomic E-state index is 12.6. The molecule has 8 heteroatoms. The molecule has 296 valence electrons. The van der Waals surface area contributed by atoms with Crippen molar-refractivity contribution in [3.05, 3.63) is 24.3 Å². The molecule has 0 spiro atoms. The summed E-state index contributed by atoms with van der Waals surface area (Å²) in [7, 11) is -4.44. The van der Waals surface area contributed by atoms with Gasteiger partial charge in [0.1, 0.15) is 6.10 Å². The van der Waals surface area contributed by atoms with Gasteiger partial charge >= 0.3 is 0 Å². The van der Waals surface area contributed by atoms with E-state index in [4.69, 9.17) is 0 Å². The number of carbonyl (C=O) groups excluding carboxylic acids is 1. The van der Waals surface area contributed by atoms with Crippen molar-refractivity contribution in [2.75, 3.05) is 5.75 Å². The lowest BCUT2D eigenvalue weighted by atomic mass is 10.0. The minimum Gasteiger partial charge on any atom is -0.387 e. The molecule has 0 saturated carbocycles. The lowest BCUT2D eigenvalue weighted by molar-refractivity contribution is -0.130. The molecule has 3 unspecified atom stereocenters. The number of amides is 1. The van der Waals surface area contributed by atoms with Crippen LogP contribution in [0.25, 0.3) is 0 Å². The molecule has 0 aromatic carbocycles. The second kappa shape index (κ2) is 36.2. The van der Waals surface area contributed by atoms with Crippen molar-refractivity contribution in [1.82, 2.24) is 5.32 Å². The molecule has 0 rings (SSSR count). The van der Waals surface area contributed by atoms with Crippen molar-refractivity contribution in [3.8, 4) is 0 Å². The number of aliphatic hydroxyl groups is 2. The number of hydrogen-bond acceptors (Lipinski definition) is 5. The van der Waals surface area contributed by atoms with E-state index in [2.05, 4.69) is 31.3 Å². The number of carbonyl (C=O) groups is 1. The Kier molecular flexibility index (Phi) is 35.3. The molecule has 0 fully saturated rings. The first kappa shape index (κ1) is 48.8. The van der Waals surface area contributed by atoms with Crippen LogP contribution in [0.2, 0.25) is 0 Å². The number of rotatable bonds is 38. The fourth-order valence-corrected chi connectivity index (χ4v) is 7.19. The molecular formula is C42H81NO6S. The number of nitrogens with one attached hydrogen (secondary N) is 1. The number of unbranched alkanes of at least 4 members (excludes halogenated alkanes) is 27. The molecule has 0 heterocycles. The van der Waals surface area contributed by atoms with Crippen LogP contribution >= 0.6 is 0 Å². The van der Waals surface area contributed by atoms with Gasteiger partial charge in [0.25, 0.3) is 10.1 Å². The lowest BCUT2D eigenvalue weighted by Gasteiger charge is -2.22. The molecule has 3 atom stereocenters. The van der Waals surface area contributed by atoms with E-state index >= 15 is 0 Å². The third-order valence-electron chi connectivity index (χ3n) is 9.73. The highest BCUT2D eigenvalue weighted by Gasteiger charge is 2.27. The first-order valence-electron chi connectivity index (χ1n) is 21.1. The Morgan fingerprint density at radius 3 is 1.26 bits per heavy atom. The average Bonchev–Trinajstić information content (AvgIpc) is 3.08. The molecule has 1 amide bonds. The van der Waals surface area contributed by atoms with Crippen LogP contribution in [0.15, 0.2) is 24.3 Å². The predicted octanol–water partition coefficient (Wildman–Crippen LogP) is 11.3. The monoisotopic (exact) mass is 728 g/mol. The van der Waals surface area contributed by atoms with Crippen molar-refractivity contribution in [3.63, 3.8) is 0 Å². The molecule has 7 nitrogen and oxygen atoms in total. The molecule has 50 heavy (non-hydrogen) atoms. The van der Waals surface area contributed by atoms with Gasteiger partial charge in [-0.2, -0.15) is 8.42 Å². The van der Waals surface area contributed by atoms with Crippen molar-refractivity contribution in [1.29, 1.82) is 0 Å². The third kappa shape index (κ3) is 35.2. The first-order chi connectivity index (χ1) is 24.2. The third-order valence-corrected chi connectivity index (χ3v) is 10.5. The Morgan fingerprint density at radius 2 is 0.880 bits per heavy atom. The topological polar surface area (TPSA) is 124 Å². The van der Waals surface area contributed by atoms with Gasteiger partial charge in [-0.25, -0.2) is 0 Å². The van der Waals surface area contributed by atoms with E-state index < -0.39 is 40.0 Å². The van der Waals surface area contributed by atoms with Crippen LogP contribution in [0, 0.1) is 0 Å². The van der Waals surface area contributed by atoms with Gasteiger partial charge in [-0.15, -0.1) is 0 Å². The van der Waals surface area contributed by atoms with Gasteiger partial charge in [0.15, 0.2) is 0 Å². The van der Waals surface area contributed by atoms with Gasteiger partial charge in [-0.1, -0.05) is 192 Å². The van der Waals surface area contributed by atoms with Gasteiger partial charge in [0.2, 0.25) is 5.91 Å². The molecule has 0 saturated heterocycles. The van der Waals surface area contributed by atoms with Crippen molar-refractivity contribution in [2.45, 2.75) is 231 Å². The predicted molar refractivity (Wildman–Crippen MR) is 213 cm³/mol. The molecule has 0 bridgehead atoms. The Balaban J connectivity index is 4.04. The average molecular weight is 728 g/mol. The summed E-state index contributed by atoms with van der Waals surface area (Å²) in [6.07, 6.45) is 42.3. The smallest absolute Gasteiger partial charge is 0.267 e. The van der Waals surface area contributed by atoms with Gasteiger partial charge < -0.3 is 15.5 Å². The van der Waals surface area contributed by atoms with E-state index in [-0.39, 0.29) is 6.42 Å². The van der Waals surface area contributed by atoms with E-state index in [1.807, 2.05) is 0 Å².